The van der Waals surface area contributed by atoms with Crippen molar-refractivity contribution in [1.82, 2.24) is 19.8 Å². The van der Waals surface area contributed by atoms with E-state index in [0.717, 1.165) is 44.7 Å². The molecular formula is C17H29N5O. The predicted octanol–water partition coefficient (Wildman–Crippen LogP) is 1.77. The van der Waals surface area contributed by atoms with Crippen LogP contribution in [-0.4, -0.2) is 60.3 Å². The van der Waals surface area contributed by atoms with E-state index in [9.17, 15) is 0 Å². The van der Waals surface area contributed by atoms with Gasteiger partial charge in [0.2, 0.25) is 0 Å². The third kappa shape index (κ3) is 4.47. The molecular weight excluding hydrogens is 290 g/mol. The van der Waals surface area contributed by atoms with Gasteiger partial charge in [0.1, 0.15) is 0 Å². The molecule has 0 spiro atoms. The summed E-state index contributed by atoms with van der Waals surface area (Å²) in [6.45, 7) is 6.84. The Morgan fingerprint density at radius 3 is 2.96 bits per heavy atom. The number of likely N-dealkylation sites (tertiary alicyclic amines) is 1. The van der Waals surface area contributed by atoms with Crippen molar-refractivity contribution < 1.29 is 4.74 Å². The minimum Gasteiger partial charge on any atom is -0.379 e. The Labute approximate surface area is 138 Å². The second-order valence-electron chi connectivity index (χ2n) is 6.78. The first kappa shape index (κ1) is 16.3. The second-order valence-corrected chi connectivity index (χ2v) is 6.78. The number of piperidine rings is 1. The fraction of sp³-hybridized carbons (Fsp3) is 0.765. The van der Waals surface area contributed by atoms with E-state index in [2.05, 4.69) is 37.9 Å². The first-order chi connectivity index (χ1) is 11.3. The van der Waals surface area contributed by atoms with Crippen molar-refractivity contribution in [3.63, 3.8) is 0 Å². The molecule has 3 rings (SSSR count). The topological polar surface area (TPSA) is 54.7 Å². The molecule has 0 bridgehead atoms. The molecule has 2 aliphatic rings. The van der Waals surface area contributed by atoms with Gasteiger partial charge in [-0.2, -0.15) is 0 Å². The van der Waals surface area contributed by atoms with Crippen LogP contribution in [0.15, 0.2) is 23.7 Å². The Kier molecular flexibility index (Phi) is 5.54. The standard InChI is InChI=1S/C17H29N5O/c1-14-5-8-21(11-16(14)22-9-6-19-13-22)17(18-2)20-7-10-23-12-15-3-4-15/h6,9,13-16H,3-5,7-8,10-12H2,1-2H3,(H,18,20). The van der Waals surface area contributed by atoms with Crippen molar-refractivity contribution in [2.45, 2.75) is 32.2 Å². The average Bonchev–Trinajstić information content (AvgIpc) is 3.23. The number of guanidine groups is 1. The Hall–Kier alpha value is -1.56. The van der Waals surface area contributed by atoms with E-state index in [1.807, 2.05) is 19.6 Å². The van der Waals surface area contributed by atoms with Crippen LogP contribution in [0.2, 0.25) is 0 Å². The summed E-state index contributed by atoms with van der Waals surface area (Å²) in [6.07, 6.45) is 9.70. The Bertz CT molecular complexity index is 497. The van der Waals surface area contributed by atoms with E-state index in [-0.39, 0.29) is 0 Å². The lowest BCUT2D eigenvalue weighted by molar-refractivity contribution is 0.127. The quantitative estimate of drug-likeness (QED) is 0.493. The summed E-state index contributed by atoms with van der Waals surface area (Å²) >= 11 is 0. The first-order valence-corrected chi connectivity index (χ1v) is 8.78. The van der Waals surface area contributed by atoms with Crippen molar-refractivity contribution in [2.24, 2.45) is 16.8 Å². The van der Waals surface area contributed by atoms with Crippen LogP contribution in [0.1, 0.15) is 32.2 Å². The third-order valence-electron chi connectivity index (χ3n) is 4.92. The molecule has 0 amide bonds. The average molecular weight is 319 g/mol. The Morgan fingerprint density at radius 2 is 2.26 bits per heavy atom. The largest absolute Gasteiger partial charge is 0.379 e. The molecule has 1 aromatic heterocycles. The van der Waals surface area contributed by atoms with Crippen LogP contribution in [0.3, 0.4) is 0 Å². The summed E-state index contributed by atoms with van der Waals surface area (Å²) in [5.74, 6) is 2.46. The van der Waals surface area contributed by atoms with Crippen LogP contribution in [0.25, 0.3) is 0 Å². The molecule has 2 heterocycles. The van der Waals surface area contributed by atoms with E-state index < -0.39 is 0 Å². The lowest BCUT2D eigenvalue weighted by Gasteiger charge is -2.39. The SMILES string of the molecule is CN=C(NCCOCC1CC1)N1CCC(C)C(n2ccnc2)C1. The number of aliphatic imine (C=N–C) groups is 1. The molecule has 1 aliphatic heterocycles. The van der Waals surface area contributed by atoms with Gasteiger partial charge in [-0.15, -0.1) is 0 Å². The zero-order chi connectivity index (χ0) is 16.1. The summed E-state index contributed by atoms with van der Waals surface area (Å²) in [4.78, 5) is 11.0. The van der Waals surface area contributed by atoms with Crippen molar-refractivity contribution in [3.8, 4) is 0 Å². The third-order valence-corrected chi connectivity index (χ3v) is 4.92. The van der Waals surface area contributed by atoms with Gasteiger partial charge in [0.05, 0.1) is 19.0 Å². The molecule has 1 aliphatic carbocycles. The predicted molar refractivity (Wildman–Crippen MR) is 91.5 cm³/mol. The van der Waals surface area contributed by atoms with Crippen molar-refractivity contribution in [3.05, 3.63) is 18.7 Å². The lowest BCUT2D eigenvalue weighted by Crippen LogP contribution is -2.49. The van der Waals surface area contributed by atoms with Crippen LogP contribution in [-0.2, 0) is 4.74 Å². The number of imidazole rings is 1. The van der Waals surface area contributed by atoms with Gasteiger partial charge in [-0.3, -0.25) is 4.99 Å². The monoisotopic (exact) mass is 319 g/mol. The fourth-order valence-corrected chi connectivity index (χ4v) is 3.20. The summed E-state index contributed by atoms with van der Waals surface area (Å²) in [7, 11) is 1.86. The van der Waals surface area contributed by atoms with E-state index in [1.165, 1.54) is 19.3 Å². The molecule has 1 aromatic rings. The number of ether oxygens (including phenoxy) is 1. The maximum absolute atomic E-state index is 5.69. The van der Waals surface area contributed by atoms with E-state index in [0.29, 0.717) is 12.0 Å². The number of rotatable bonds is 6. The molecule has 0 radical (unpaired) electrons. The molecule has 1 saturated carbocycles. The van der Waals surface area contributed by atoms with Crippen LogP contribution >= 0.6 is 0 Å². The van der Waals surface area contributed by atoms with Gasteiger partial charge < -0.3 is 19.5 Å². The maximum atomic E-state index is 5.69. The molecule has 2 fully saturated rings. The van der Waals surface area contributed by atoms with Crippen LogP contribution in [0.5, 0.6) is 0 Å². The van der Waals surface area contributed by atoms with Gasteiger partial charge in [0.25, 0.3) is 0 Å². The normalized spacial score (nSPS) is 25.7. The summed E-state index contributed by atoms with van der Waals surface area (Å²) < 4.78 is 7.91. The summed E-state index contributed by atoms with van der Waals surface area (Å²) in [5, 5.41) is 3.44. The lowest BCUT2D eigenvalue weighted by atomic mass is 9.93. The second kappa shape index (κ2) is 7.81. The summed E-state index contributed by atoms with van der Waals surface area (Å²) in [6, 6.07) is 0.455. The molecule has 0 aromatic carbocycles. The van der Waals surface area contributed by atoms with E-state index in [4.69, 9.17) is 4.74 Å². The first-order valence-electron chi connectivity index (χ1n) is 8.78. The highest BCUT2D eigenvalue weighted by atomic mass is 16.5. The zero-order valence-corrected chi connectivity index (χ0v) is 14.3. The number of hydrogen-bond acceptors (Lipinski definition) is 3. The number of nitrogens with zero attached hydrogens (tertiary/aromatic N) is 4. The molecule has 1 N–H and O–H groups in total. The molecule has 6 nitrogen and oxygen atoms in total. The van der Waals surface area contributed by atoms with Crippen molar-refractivity contribution >= 4 is 5.96 Å². The van der Waals surface area contributed by atoms with Crippen LogP contribution in [0.4, 0.5) is 0 Å². The van der Waals surface area contributed by atoms with Crippen molar-refractivity contribution in [2.75, 3.05) is 39.9 Å². The molecule has 6 heteroatoms. The Morgan fingerprint density at radius 1 is 1.39 bits per heavy atom. The maximum Gasteiger partial charge on any atom is 0.193 e. The minimum atomic E-state index is 0.455. The van der Waals surface area contributed by atoms with Crippen LogP contribution < -0.4 is 5.32 Å². The summed E-state index contributed by atoms with van der Waals surface area (Å²) in [5.41, 5.74) is 0. The molecule has 23 heavy (non-hydrogen) atoms. The Balaban J connectivity index is 1.47. The number of hydrogen-bond donors (Lipinski definition) is 1. The van der Waals surface area contributed by atoms with Gasteiger partial charge >= 0.3 is 0 Å². The van der Waals surface area contributed by atoms with Gasteiger partial charge in [0.15, 0.2) is 5.96 Å². The highest BCUT2D eigenvalue weighted by Gasteiger charge is 2.28. The van der Waals surface area contributed by atoms with Gasteiger partial charge in [-0.25, -0.2) is 4.98 Å². The zero-order valence-electron chi connectivity index (χ0n) is 14.3. The number of nitrogens with one attached hydrogen (secondary N) is 1. The van der Waals surface area contributed by atoms with E-state index in [1.54, 1.807) is 0 Å². The van der Waals surface area contributed by atoms with E-state index >= 15 is 0 Å². The van der Waals surface area contributed by atoms with Crippen LogP contribution in [0, 0.1) is 11.8 Å². The highest BCUT2D eigenvalue weighted by molar-refractivity contribution is 5.80. The smallest absolute Gasteiger partial charge is 0.193 e. The minimum absolute atomic E-state index is 0.455. The fourth-order valence-electron chi connectivity index (χ4n) is 3.20. The highest BCUT2D eigenvalue weighted by Crippen LogP contribution is 2.29. The number of aromatic nitrogens is 2. The van der Waals surface area contributed by atoms with Crippen molar-refractivity contribution in [1.29, 1.82) is 0 Å². The van der Waals surface area contributed by atoms with Gasteiger partial charge in [-0.05, 0) is 31.1 Å². The van der Waals surface area contributed by atoms with Gasteiger partial charge in [-0.1, -0.05) is 6.92 Å². The molecule has 2 atom stereocenters. The molecule has 2 unspecified atom stereocenters. The van der Waals surface area contributed by atoms with Gasteiger partial charge in [0, 0.05) is 45.7 Å². The molecule has 1 saturated heterocycles. The molecule has 128 valence electrons.